The summed E-state index contributed by atoms with van der Waals surface area (Å²) >= 11 is -5.39. The van der Waals surface area contributed by atoms with Crippen molar-refractivity contribution in [2.45, 2.75) is 31.7 Å². The number of aldehydes is 1. The first kappa shape index (κ1) is 28.6. The fourth-order valence-electron chi connectivity index (χ4n) is 1.73. The van der Waals surface area contributed by atoms with Gasteiger partial charge in [-0.25, -0.2) is 0 Å². The average Bonchev–Trinajstić information content (AvgIpc) is 2.75. The third-order valence-electron chi connectivity index (χ3n) is 3.22. The molecular formula is C14H19AsF2N4O10. The van der Waals surface area contributed by atoms with Gasteiger partial charge in [-0.15, -0.1) is 0 Å². The Balaban J connectivity index is 0.000000695. The summed E-state index contributed by atoms with van der Waals surface area (Å²) < 4.78 is 46.0. The van der Waals surface area contributed by atoms with E-state index in [2.05, 4.69) is 17.7 Å². The molecule has 1 aromatic rings. The molecule has 14 nitrogen and oxygen atoms in total. The van der Waals surface area contributed by atoms with Crippen LogP contribution in [0.4, 0.5) is 14.5 Å². The molecule has 0 saturated carbocycles. The van der Waals surface area contributed by atoms with Crippen LogP contribution in [0.15, 0.2) is 17.2 Å². The molecule has 0 aromatic heterocycles. The Bertz CT molecular complexity index is 855. The van der Waals surface area contributed by atoms with Gasteiger partial charge >= 0.3 is 112 Å². The molecule has 1 amide bonds. The Morgan fingerprint density at radius 1 is 1.35 bits per heavy atom. The number of hydrogen-bond donors (Lipinski definition) is 6. The first-order valence-electron chi connectivity index (χ1n) is 7.99. The number of nitrogens with zero attached hydrogens (tertiary/aromatic N) is 3. The number of hydrogen-bond acceptors (Lipinski definition) is 11. The third-order valence-corrected chi connectivity index (χ3v) is 6.36. The van der Waals surface area contributed by atoms with Crippen molar-refractivity contribution in [3.63, 3.8) is 0 Å². The maximum Gasteiger partial charge on any atom is 0.122 e. The molecule has 0 saturated heterocycles. The van der Waals surface area contributed by atoms with Crippen molar-refractivity contribution >= 4 is 36.4 Å². The normalized spacial score (nSPS) is 15.2. The van der Waals surface area contributed by atoms with Crippen LogP contribution in [-0.4, -0.2) is 77.0 Å². The van der Waals surface area contributed by atoms with Gasteiger partial charge in [-0.05, 0) is 0 Å². The second kappa shape index (κ2) is 13.8. The molecule has 0 aliphatic heterocycles. The van der Waals surface area contributed by atoms with E-state index in [4.69, 9.17) is 31.2 Å². The van der Waals surface area contributed by atoms with E-state index in [1.54, 1.807) is 5.48 Å². The zero-order chi connectivity index (χ0) is 24.2. The first-order chi connectivity index (χ1) is 14.5. The monoisotopic (exact) mass is 516 g/mol. The van der Waals surface area contributed by atoms with Gasteiger partial charge in [-0.1, -0.05) is 0 Å². The summed E-state index contributed by atoms with van der Waals surface area (Å²) in [5.41, 5.74) is 8.91. The molecule has 31 heavy (non-hydrogen) atoms. The van der Waals surface area contributed by atoms with Crippen LogP contribution in [0, 0.1) is 11.6 Å². The Morgan fingerprint density at radius 3 is 2.42 bits per heavy atom. The summed E-state index contributed by atoms with van der Waals surface area (Å²) in [6.07, 6.45) is -4.00. The Kier molecular flexibility index (Phi) is 12.8. The van der Waals surface area contributed by atoms with Crippen molar-refractivity contribution in [1.82, 2.24) is 5.48 Å². The fourth-order valence-corrected chi connectivity index (χ4v) is 4.09. The van der Waals surface area contributed by atoms with Gasteiger partial charge in [0.2, 0.25) is 0 Å². The van der Waals surface area contributed by atoms with Crippen molar-refractivity contribution in [2.24, 2.45) is 5.11 Å². The van der Waals surface area contributed by atoms with E-state index in [1.165, 1.54) is 0 Å². The van der Waals surface area contributed by atoms with Crippen LogP contribution in [0.1, 0.15) is 13.3 Å². The van der Waals surface area contributed by atoms with Crippen LogP contribution in [0.3, 0.4) is 0 Å². The van der Waals surface area contributed by atoms with Crippen molar-refractivity contribution in [3.05, 3.63) is 34.2 Å². The molecule has 4 unspecified atom stereocenters. The second-order valence-corrected chi connectivity index (χ2v) is 9.28. The zero-order valence-corrected chi connectivity index (χ0v) is 17.6. The smallest absolute Gasteiger partial charge is 0.122 e. The summed E-state index contributed by atoms with van der Waals surface area (Å²) in [5.74, 6) is -3.78. The molecule has 4 atom stereocenters. The summed E-state index contributed by atoms with van der Waals surface area (Å²) in [4.78, 5) is 22.7. The molecule has 0 spiro atoms. The van der Waals surface area contributed by atoms with Crippen LogP contribution in [0.5, 0.6) is 0 Å². The molecule has 0 radical (unpaired) electrons. The van der Waals surface area contributed by atoms with Gasteiger partial charge in [0.15, 0.2) is 0 Å². The maximum atomic E-state index is 13.5. The third kappa shape index (κ3) is 8.70. The van der Waals surface area contributed by atoms with E-state index in [0.29, 0.717) is 12.4 Å². The van der Waals surface area contributed by atoms with Crippen LogP contribution in [0.25, 0.3) is 10.4 Å². The fraction of sp³-hybridized carbons (Fsp3) is 0.429. The summed E-state index contributed by atoms with van der Waals surface area (Å²) in [6, 6.07) is 1.30. The number of aliphatic hydroxyl groups is 4. The van der Waals surface area contributed by atoms with Crippen molar-refractivity contribution < 1.29 is 55.5 Å². The minimum atomic E-state index is -5.39. The van der Waals surface area contributed by atoms with Gasteiger partial charge < -0.3 is 25.2 Å². The molecule has 0 bridgehead atoms. The first-order valence-corrected chi connectivity index (χ1v) is 11.2. The molecule has 6 N–H and O–H groups in total. The van der Waals surface area contributed by atoms with Gasteiger partial charge in [-0.3, -0.25) is 0 Å². The maximum absolute atomic E-state index is 13.5. The number of carbonyl (C=O) groups is 2. The van der Waals surface area contributed by atoms with Gasteiger partial charge in [0.1, 0.15) is 18.5 Å². The van der Waals surface area contributed by atoms with Crippen LogP contribution in [-0.2, 0) is 21.0 Å². The van der Waals surface area contributed by atoms with Crippen molar-refractivity contribution in [3.8, 4) is 0 Å². The van der Waals surface area contributed by atoms with Gasteiger partial charge in [0, 0.05) is 6.42 Å². The van der Waals surface area contributed by atoms with Crippen LogP contribution in [0.2, 0.25) is 0 Å². The van der Waals surface area contributed by atoms with Gasteiger partial charge in [0.05, 0.1) is 12.7 Å². The minimum Gasteiger partial charge on any atom is -0.394 e. The molecule has 17 heteroatoms. The van der Waals surface area contributed by atoms with Gasteiger partial charge in [0.25, 0.3) is 0 Å². The Morgan fingerprint density at radius 2 is 1.97 bits per heavy atom. The Hall–Kier alpha value is -2.39. The summed E-state index contributed by atoms with van der Waals surface area (Å²) in [6.45, 7) is 0.355. The Labute approximate surface area is 175 Å². The number of amides is 1. The average molecular weight is 516 g/mol. The number of aliphatic hydroxyl groups excluding tert-OH is 4. The van der Waals surface area contributed by atoms with Crippen molar-refractivity contribution in [1.29, 1.82) is 0 Å². The molecule has 0 aliphatic rings. The quantitative estimate of drug-likeness (QED) is 0.0409. The predicted molar refractivity (Wildman–Crippen MR) is 95.6 cm³/mol. The van der Waals surface area contributed by atoms with Crippen LogP contribution < -0.4 is 9.83 Å². The number of azide groups is 1. The molecule has 0 fully saturated rings. The van der Waals surface area contributed by atoms with E-state index >= 15 is 0 Å². The van der Waals surface area contributed by atoms with E-state index in [9.17, 15) is 22.1 Å². The summed E-state index contributed by atoms with van der Waals surface area (Å²) in [5, 5.41) is 46.3. The van der Waals surface area contributed by atoms with Crippen LogP contribution >= 0.6 is 0 Å². The van der Waals surface area contributed by atoms with Crippen molar-refractivity contribution in [2.75, 3.05) is 6.61 Å². The number of halogens is 2. The standard InChI is InChI=1S/C8H7AsF2N4O5.C6H12O5/c1-4(16)14-19-9(17,20-18)5-2-3-6(10)7(11)8(5)13-15-12;7-2-1-4(9)6(11)5(10)3-8/h2-3,18H,1H3,(H,14,16);2,4-6,8-11H,1,3H2. The SMILES string of the molecule is CC(=O)NO[As](=O)(OO)c1ccc(F)c(F)c1N=[N+]=[N-].O=CCC(O)C(O)C(O)CO. The van der Waals surface area contributed by atoms with E-state index in [0.717, 1.165) is 13.0 Å². The molecule has 1 aromatic carbocycles. The molecule has 0 heterocycles. The molecule has 174 valence electrons. The predicted octanol–water partition coefficient (Wildman–Crippen LogP) is -1.31. The van der Waals surface area contributed by atoms with E-state index in [-0.39, 0.29) is 6.42 Å². The van der Waals surface area contributed by atoms with E-state index in [1.807, 2.05) is 0 Å². The zero-order valence-electron chi connectivity index (χ0n) is 15.7. The minimum absolute atomic E-state index is 0.252. The van der Waals surface area contributed by atoms with Gasteiger partial charge in [-0.2, -0.15) is 0 Å². The second-order valence-electron chi connectivity index (χ2n) is 5.46. The number of rotatable bonds is 10. The molecular weight excluding hydrogens is 497 g/mol. The topological polar surface area (TPSA) is 232 Å². The van der Waals surface area contributed by atoms with E-state index < -0.39 is 66.7 Å². The largest absolute Gasteiger partial charge is 0.394 e. The molecule has 1 rings (SSSR count). The molecule has 0 aliphatic carbocycles. The number of benzene rings is 1. The number of nitrogens with one attached hydrogen (secondary N) is 1. The number of hydroxylamine groups is 1. The number of carbonyl (C=O) groups excluding carboxylic acids is 2. The summed E-state index contributed by atoms with van der Waals surface area (Å²) in [7, 11) is 0.